The van der Waals surface area contributed by atoms with Gasteiger partial charge in [0.15, 0.2) is 0 Å². The molecule has 0 aliphatic heterocycles. The zero-order valence-electron chi connectivity index (χ0n) is 7.99. The van der Waals surface area contributed by atoms with E-state index in [1.54, 1.807) is 0 Å². The summed E-state index contributed by atoms with van der Waals surface area (Å²) in [6.07, 6.45) is 0.802. The predicted molar refractivity (Wildman–Crippen MR) is 47.6 cm³/mol. The normalized spacial score (nSPS) is 10.4. The number of aliphatic carboxylic acids is 1. The zero-order chi connectivity index (χ0) is 10.4. The molecule has 0 fully saturated rings. The molecule has 0 spiro atoms. The fraction of sp³-hybridized carbons (Fsp3) is 0.625. The van der Waals surface area contributed by atoms with Crippen molar-refractivity contribution in [2.45, 2.75) is 26.3 Å². The van der Waals surface area contributed by atoms with Crippen molar-refractivity contribution in [3.05, 3.63) is 11.8 Å². The molecule has 1 aromatic rings. The highest BCUT2D eigenvalue weighted by Crippen LogP contribution is 1.99. The van der Waals surface area contributed by atoms with Crippen LogP contribution in [-0.2, 0) is 17.8 Å². The van der Waals surface area contributed by atoms with Gasteiger partial charge in [0.2, 0.25) is 11.8 Å². The lowest BCUT2D eigenvalue weighted by Crippen LogP contribution is -2.17. The molecule has 0 aliphatic carbocycles. The summed E-state index contributed by atoms with van der Waals surface area (Å²) < 4.78 is 5.21. The maximum atomic E-state index is 10.2. The topological polar surface area (TPSA) is 88.2 Å². The summed E-state index contributed by atoms with van der Waals surface area (Å²) in [6, 6.07) is 0. The van der Waals surface area contributed by atoms with Crippen molar-refractivity contribution < 1.29 is 14.3 Å². The largest absolute Gasteiger partial charge is 0.481 e. The Hall–Kier alpha value is -1.43. The van der Waals surface area contributed by atoms with E-state index >= 15 is 0 Å². The molecular formula is C8H13N3O3. The first-order chi connectivity index (χ1) is 6.72. The Morgan fingerprint density at radius 2 is 2.21 bits per heavy atom. The highest BCUT2D eigenvalue weighted by molar-refractivity contribution is 5.66. The van der Waals surface area contributed by atoms with Gasteiger partial charge in [-0.15, -0.1) is 10.2 Å². The fourth-order valence-electron chi connectivity index (χ4n) is 0.893. The van der Waals surface area contributed by atoms with Gasteiger partial charge in [-0.05, 0) is 0 Å². The van der Waals surface area contributed by atoms with Crippen molar-refractivity contribution >= 4 is 5.97 Å². The first-order valence-corrected chi connectivity index (χ1v) is 4.46. The van der Waals surface area contributed by atoms with Crippen LogP contribution in [-0.4, -0.2) is 27.8 Å². The second-order valence-corrected chi connectivity index (χ2v) is 2.76. The molecule has 6 nitrogen and oxygen atoms in total. The number of carbonyl (C=O) groups is 1. The summed E-state index contributed by atoms with van der Waals surface area (Å²) in [4.78, 5) is 10.2. The molecule has 78 valence electrons. The van der Waals surface area contributed by atoms with E-state index in [9.17, 15) is 4.79 Å². The second kappa shape index (κ2) is 5.33. The molecule has 0 saturated heterocycles. The summed E-state index contributed by atoms with van der Waals surface area (Å²) >= 11 is 0. The Morgan fingerprint density at radius 1 is 1.50 bits per heavy atom. The van der Waals surface area contributed by atoms with E-state index in [2.05, 4.69) is 15.5 Å². The Kier molecular flexibility index (Phi) is 4.06. The van der Waals surface area contributed by atoms with Crippen molar-refractivity contribution in [1.29, 1.82) is 0 Å². The minimum atomic E-state index is -0.822. The molecule has 2 N–H and O–H groups in total. The Morgan fingerprint density at radius 3 is 2.79 bits per heavy atom. The lowest BCUT2D eigenvalue weighted by atomic mass is 10.4. The van der Waals surface area contributed by atoms with Crippen molar-refractivity contribution in [3.8, 4) is 0 Å². The van der Waals surface area contributed by atoms with Crippen molar-refractivity contribution in [1.82, 2.24) is 15.5 Å². The monoisotopic (exact) mass is 199 g/mol. The predicted octanol–water partition coefficient (Wildman–Crippen LogP) is 0.196. The number of aromatic nitrogens is 2. The van der Waals surface area contributed by atoms with Crippen LogP contribution in [0.2, 0.25) is 0 Å². The van der Waals surface area contributed by atoms with E-state index in [1.165, 1.54) is 0 Å². The molecule has 14 heavy (non-hydrogen) atoms. The van der Waals surface area contributed by atoms with Gasteiger partial charge in [-0.2, -0.15) is 0 Å². The van der Waals surface area contributed by atoms with Crippen LogP contribution < -0.4 is 5.32 Å². The lowest BCUT2D eigenvalue weighted by Gasteiger charge is -1.97. The van der Waals surface area contributed by atoms with Gasteiger partial charge in [-0.25, -0.2) is 0 Å². The smallest absolute Gasteiger partial charge is 0.304 e. The van der Waals surface area contributed by atoms with Gasteiger partial charge >= 0.3 is 5.97 Å². The maximum absolute atomic E-state index is 10.2. The summed E-state index contributed by atoms with van der Waals surface area (Å²) in [5, 5.41) is 18.8. The van der Waals surface area contributed by atoms with Gasteiger partial charge in [0.25, 0.3) is 0 Å². The SMILES string of the molecule is CCc1nnc(CNCCC(=O)O)o1. The third-order valence-corrected chi connectivity index (χ3v) is 1.60. The molecule has 0 atom stereocenters. The molecule has 1 rings (SSSR count). The second-order valence-electron chi connectivity index (χ2n) is 2.76. The summed E-state index contributed by atoms with van der Waals surface area (Å²) in [5.41, 5.74) is 0. The van der Waals surface area contributed by atoms with Gasteiger partial charge in [-0.1, -0.05) is 6.92 Å². The number of nitrogens with one attached hydrogen (secondary N) is 1. The third-order valence-electron chi connectivity index (χ3n) is 1.60. The Balaban J connectivity index is 2.21. The molecule has 0 bridgehead atoms. The van der Waals surface area contributed by atoms with Crippen LogP contribution in [0.4, 0.5) is 0 Å². The van der Waals surface area contributed by atoms with E-state index in [1.807, 2.05) is 6.92 Å². The Bertz CT molecular complexity index is 298. The van der Waals surface area contributed by atoms with Crippen LogP contribution >= 0.6 is 0 Å². The van der Waals surface area contributed by atoms with Crippen molar-refractivity contribution in [2.75, 3.05) is 6.54 Å². The highest BCUT2D eigenvalue weighted by atomic mass is 16.4. The van der Waals surface area contributed by atoms with Gasteiger partial charge in [-0.3, -0.25) is 4.79 Å². The molecular weight excluding hydrogens is 186 g/mol. The quantitative estimate of drug-likeness (QED) is 0.636. The number of carboxylic acid groups (broad SMARTS) is 1. The van der Waals surface area contributed by atoms with Gasteiger partial charge in [0, 0.05) is 13.0 Å². The Labute approximate surface area is 81.3 Å². The third kappa shape index (κ3) is 3.53. The van der Waals surface area contributed by atoms with Crippen molar-refractivity contribution in [3.63, 3.8) is 0 Å². The average Bonchev–Trinajstić information content (AvgIpc) is 2.60. The molecule has 0 radical (unpaired) electrons. The van der Waals surface area contributed by atoms with E-state index in [4.69, 9.17) is 9.52 Å². The molecule has 6 heteroatoms. The van der Waals surface area contributed by atoms with E-state index in [-0.39, 0.29) is 6.42 Å². The summed E-state index contributed by atoms with van der Waals surface area (Å²) in [6.45, 7) is 2.74. The average molecular weight is 199 g/mol. The first kappa shape index (κ1) is 10.6. The number of aryl methyl sites for hydroxylation is 1. The van der Waals surface area contributed by atoms with Gasteiger partial charge in [0.1, 0.15) is 0 Å². The van der Waals surface area contributed by atoms with Gasteiger partial charge in [0.05, 0.1) is 13.0 Å². The minimum absolute atomic E-state index is 0.0920. The molecule has 1 heterocycles. The van der Waals surface area contributed by atoms with Gasteiger partial charge < -0.3 is 14.8 Å². The molecule has 0 amide bonds. The highest BCUT2D eigenvalue weighted by Gasteiger charge is 2.03. The molecule has 0 saturated carbocycles. The lowest BCUT2D eigenvalue weighted by molar-refractivity contribution is -0.136. The fourth-order valence-corrected chi connectivity index (χ4v) is 0.893. The standard InChI is InChI=1S/C8H13N3O3/c1-2-6-10-11-7(14-6)5-9-4-3-8(12)13/h9H,2-5H2,1H3,(H,12,13). The van der Waals surface area contributed by atoms with Crippen LogP contribution in [0.3, 0.4) is 0 Å². The number of hydrogen-bond acceptors (Lipinski definition) is 5. The van der Waals surface area contributed by atoms with Crippen LogP contribution in [0.1, 0.15) is 25.1 Å². The summed E-state index contributed by atoms with van der Waals surface area (Å²) in [5.74, 6) is 0.268. The first-order valence-electron chi connectivity index (χ1n) is 4.46. The van der Waals surface area contributed by atoms with E-state index in [0.29, 0.717) is 31.3 Å². The summed E-state index contributed by atoms with van der Waals surface area (Å²) in [7, 11) is 0. The zero-order valence-corrected chi connectivity index (χ0v) is 7.99. The van der Waals surface area contributed by atoms with Crippen molar-refractivity contribution in [2.24, 2.45) is 0 Å². The number of nitrogens with zero attached hydrogens (tertiary/aromatic N) is 2. The molecule has 0 aliphatic rings. The van der Waals surface area contributed by atoms with Crippen LogP contribution in [0.15, 0.2) is 4.42 Å². The van der Waals surface area contributed by atoms with E-state index in [0.717, 1.165) is 0 Å². The molecule has 0 aromatic carbocycles. The van der Waals surface area contributed by atoms with Crippen LogP contribution in [0.25, 0.3) is 0 Å². The minimum Gasteiger partial charge on any atom is -0.481 e. The number of carboxylic acids is 1. The molecule has 0 unspecified atom stereocenters. The number of rotatable bonds is 6. The van der Waals surface area contributed by atoms with E-state index < -0.39 is 5.97 Å². The van der Waals surface area contributed by atoms with Crippen LogP contribution in [0.5, 0.6) is 0 Å². The molecule has 1 aromatic heterocycles. The number of hydrogen-bond donors (Lipinski definition) is 2. The van der Waals surface area contributed by atoms with Crippen LogP contribution in [0, 0.1) is 0 Å². The maximum Gasteiger partial charge on any atom is 0.304 e.